The number of aliphatic hydroxyl groups excluding tert-OH is 1. The summed E-state index contributed by atoms with van der Waals surface area (Å²) in [5.41, 5.74) is 0. The summed E-state index contributed by atoms with van der Waals surface area (Å²) in [6.07, 6.45) is 2.90. The molecule has 2 fully saturated rings. The maximum Gasteiger partial charge on any atom is 0.325 e. The minimum Gasteiger partial charge on any atom is -0.395 e. The Hall–Kier alpha value is -1.83. The summed E-state index contributed by atoms with van der Waals surface area (Å²) in [7, 11) is 1.64. The topological polar surface area (TPSA) is 88.5 Å². The first-order valence-corrected chi connectivity index (χ1v) is 7.41. The molecule has 116 valence electrons. The highest BCUT2D eigenvalue weighted by Crippen LogP contribution is 2.26. The molecule has 21 heavy (non-hydrogen) atoms. The Kier molecular flexibility index (Phi) is 3.71. The molecule has 2 unspecified atom stereocenters. The summed E-state index contributed by atoms with van der Waals surface area (Å²) < 4.78 is 0. The molecule has 0 spiro atoms. The van der Waals surface area contributed by atoms with Crippen LogP contribution in [0.2, 0.25) is 0 Å². The zero-order chi connectivity index (χ0) is 15.0. The Morgan fingerprint density at radius 1 is 1.29 bits per heavy atom. The van der Waals surface area contributed by atoms with E-state index in [0.29, 0.717) is 6.54 Å². The minimum absolute atomic E-state index is 0.0545. The molecule has 2 saturated heterocycles. The van der Waals surface area contributed by atoms with Gasteiger partial charge in [-0.1, -0.05) is 0 Å². The number of piperidine rings is 1. The first-order valence-electron chi connectivity index (χ1n) is 7.41. The molecule has 0 bridgehead atoms. The Balaban J connectivity index is 1.90. The number of fused-ring (bicyclic) bond motifs is 1. The normalized spacial score (nSPS) is 29.4. The molecule has 3 amide bonds. The lowest BCUT2D eigenvalue weighted by atomic mass is 10.1. The van der Waals surface area contributed by atoms with Gasteiger partial charge in [-0.2, -0.15) is 0 Å². The summed E-state index contributed by atoms with van der Waals surface area (Å²) in [5, 5.41) is 11.7. The number of carbonyl (C=O) groups is 2. The summed E-state index contributed by atoms with van der Waals surface area (Å²) in [6.45, 7) is 2.09. The van der Waals surface area contributed by atoms with Gasteiger partial charge >= 0.3 is 6.03 Å². The Morgan fingerprint density at radius 3 is 2.67 bits per heavy atom. The number of imide groups is 1. The lowest BCUT2D eigenvalue weighted by Gasteiger charge is -2.38. The van der Waals surface area contributed by atoms with Crippen molar-refractivity contribution in [2.45, 2.75) is 31.5 Å². The van der Waals surface area contributed by atoms with Crippen molar-refractivity contribution in [2.75, 3.05) is 33.3 Å². The van der Waals surface area contributed by atoms with Crippen LogP contribution < -0.4 is 5.32 Å². The number of urea groups is 1. The number of aliphatic hydroxyl groups is 1. The summed E-state index contributed by atoms with van der Waals surface area (Å²) in [4.78, 5) is 34.0. The smallest absolute Gasteiger partial charge is 0.325 e. The number of carbonyl (C=O) groups excluding carboxylic acids is 2. The molecule has 0 radical (unpaired) electrons. The molecule has 2 atom stereocenters. The molecule has 8 heteroatoms. The maximum absolute atomic E-state index is 12.2. The van der Waals surface area contributed by atoms with Crippen LogP contribution in [0.4, 0.5) is 4.79 Å². The van der Waals surface area contributed by atoms with Gasteiger partial charge < -0.3 is 19.8 Å². The van der Waals surface area contributed by atoms with Gasteiger partial charge in [0.05, 0.1) is 6.61 Å². The highest BCUT2D eigenvalue weighted by molar-refractivity contribution is 6.03. The molecule has 2 N–H and O–H groups in total. The molecule has 0 aromatic heterocycles. The number of aliphatic imine (C=N–C) groups is 1. The van der Waals surface area contributed by atoms with Crippen molar-refractivity contribution in [2.24, 2.45) is 4.99 Å². The number of likely N-dealkylation sites (tertiary alicyclic amines) is 1. The lowest BCUT2D eigenvalue weighted by molar-refractivity contribution is -0.127. The Morgan fingerprint density at radius 2 is 2.00 bits per heavy atom. The van der Waals surface area contributed by atoms with Crippen molar-refractivity contribution in [3.8, 4) is 0 Å². The van der Waals surface area contributed by atoms with Gasteiger partial charge in [0.15, 0.2) is 18.2 Å². The summed E-state index contributed by atoms with van der Waals surface area (Å²) >= 11 is 0. The van der Waals surface area contributed by atoms with Crippen LogP contribution in [0.15, 0.2) is 4.99 Å². The molecular formula is C13H21N5O3. The van der Waals surface area contributed by atoms with E-state index in [9.17, 15) is 14.7 Å². The van der Waals surface area contributed by atoms with E-state index in [-0.39, 0.29) is 12.5 Å². The third-order valence-corrected chi connectivity index (χ3v) is 4.32. The molecule has 3 rings (SSSR count). The molecule has 0 aliphatic carbocycles. The quantitative estimate of drug-likeness (QED) is 0.683. The number of hydrogen-bond acceptors (Lipinski definition) is 6. The number of rotatable bonds is 2. The SMILES string of the molecule is CN1C(=O)NC(=O)C2C1N=C(N1CCCCC1)N2CCO. The van der Waals surface area contributed by atoms with Gasteiger partial charge in [0.2, 0.25) is 0 Å². The second-order valence-electron chi connectivity index (χ2n) is 5.66. The maximum atomic E-state index is 12.2. The van der Waals surface area contributed by atoms with Crippen LogP contribution in [-0.4, -0.2) is 83.2 Å². The number of guanidine groups is 1. The molecular weight excluding hydrogens is 274 g/mol. The van der Waals surface area contributed by atoms with Crippen LogP contribution >= 0.6 is 0 Å². The number of β-amino-alcohol motifs (C(OH)–C–C–N with tert-alkyl or cyclic N) is 1. The van der Waals surface area contributed by atoms with E-state index in [1.807, 2.05) is 4.90 Å². The molecule has 3 aliphatic heterocycles. The zero-order valence-electron chi connectivity index (χ0n) is 12.2. The molecule has 0 aromatic carbocycles. The monoisotopic (exact) mass is 295 g/mol. The van der Waals surface area contributed by atoms with Crippen molar-refractivity contribution in [1.82, 2.24) is 20.0 Å². The standard InChI is InChI=1S/C13H21N5O3/c1-16-10-9(11(20)15-13(16)21)18(7-8-19)12(14-10)17-5-3-2-4-6-17/h9-10,19H,2-8H2,1H3,(H,15,20,21). The van der Waals surface area contributed by atoms with E-state index in [4.69, 9.17) is 0 Å². The van der Waals surface area contributed by atoms with Gasteiger partial charge in [-0.05, 0) is 19.3 Å². The number of likely N-dealkylation sites (N-methyl/N-ethyl adjacent to an activating group) is 1. The Labute approximate surface area is 123 Å². The largest absolute Gasteiger partial charge is 0.395 e. The minimum atomic E-state index is -0.545. The van der Waals surface area contributed by atoms with Crippen molar-refractivity contribution in [1.29, 1.82) is 0 Å². The molecule has 8 nitrogen and oxygen atoms in total. The Bertz CT molecular complexity index is 474. The highest BCUT2D eigenvalue weighted by Gasteiger charge is 2.49. The van der Waals surface area contributed by atoms with Crippen LogP contribution in [-0.2, 0) is 4.79 Å². The number of hydrogen-bond donors (Lipinski definition) is 2. The average molecular weight is 295 g/mol. The van der Waals surface area contributed by atoms with Crippen molar-refractivity contribution in [3.63, 3.8) is 0 Å². The van der Waals surface area contributed by atoms with Crippen LogP contribution in [0.3, 0.4) is 0 Å². The fourth-order valence-corrected chi connectivity index (χ4v) is 3.22. The van der Waals surface area contributed by atoms with Gasteiger partial charge in [-0.25, -0.2) is 9.79 Å². The molecule has 0 saturated carbocycles. The van der Waals surface area contributed by atoms with E-state index >= 15 is 0 Å². The van der Waals surface area contributed by atoms with E-state index in [1.165, 1.54) is 11.3 Å². The molecule has 3 heterocycles. The average Bonchev–Trinajstić information content (AvgIpc) is 2.86. The van der Waals surface area contributed by atoms with Crippen LogP contribution in [0.5, 0.6) is 0 Å². The zero-order valence-corrected chi connectivity index (χ0v) is 12.2. The number of nitrogens with one attached hydrogen (secondary N) is 1. The number of nitrogens with zero attached hydrogens (tertiary/aromatic N) is 4. The third-order valence-electron chi connectivity index (χ3n) is 4.32. The molecule has 3 aliphatic rings. The third kappa shape index (κ3) is 2.33. The van der Waals surface area contributed by atoms with Gasteiger partial charge in [0.25, 0.3) is 5.91 Å². The van der Waals surface area contributed by atoms with E-state index < -0.39 is 18.2 Å². The second kappa shape index (κ2) is 5.51. The molecule has 0 aromatic rings. The highest BCUT2D eigenvalue weighted by atomic mass is 16.3. The summed E-state index contributed by atoms with van der Waals surface area (Å²) in [6, 6.07) is -0.967. The summed E-state index contributed by atoms with van der Waals surface area (Å²) in [5.74, 6) is 0.391. The lowest BCUT2D eigenvalue weighted by Crippen LogP contribution is -2.64. The van der Waals surface area contributed by atoms with Gasteiger partial charge in [0, 0.05) is 26.7 Å². The van der Waals surface area contributed by atoms with Crippen molar-refractivity contribution >= 4 is 17.9 Å². The van der Waals surface area contributed by atoms with Crippen LogP contribution in [0.25, 0.3) is 0 Å². The second-order valence-corrected chi connectivity index (χ2v) is 5.66. The fraction of sp³-hybridized carbons (Fsp3) is 0.769. The van der Waals surface area contributed by atoms with Gasteiger partial charge in [0.1, 0.15) is 0 Å². The van der Waals surface area contributed by atoms with E-state index in [1.54, 1.807) is 7.05 Å². The predicted molar refractivity (Wildman–Crippen MR) is 75.5 cm³/mol. The van der Waals surface area contributed by atoms with Crippen LogP contribution in [0.1, 0.15) is 19.3 Å². The number of amides is 3. The van der Waals surface area contributed by atoms with Gasteiger partial charge in [-0.3, -0.25) is 10.1 Å². The fourth-order valence-electron chi connectivity index (χ4n) is 3.22. The van der Waals surface area contributed by atoms with Crippen LogP contribution in [0, 0.1) is 0 Å². The predicted octanol–water partition coefficient (Wildman–Crippen LogP) is -0.987. The van der Waals surface area contributed by atoms with E-state index in [2.05, 4.69) is 15.2 Å². The van der Waals surface area contributed by atoms with Crippen molar-refractivity contribution < 1.29 is 14.7 Å². The van der Waals surface area contributed by atoms with E-state index in [0.717, 1.165) is 31.9 Å². The van der Waals surface area contributed by atoms with Crippen molar-refractivity contribution in [3.05, 3.63) is 0 Å². The first kappa shape index (κ1) is 14.1. The first-order chi connectivity index (χ1) is 10.1. The van der Waals surface area contributed by atoms with Gasteiger partial charge in [-0.15, -0.1) is 0 Å².